The van der Waals surface area contributed by atoms with Gasteiger partial charge in [0.25, 0.3) is 0 Å². The van der Waals surface area contributed by atoms with Crippen LogP contribution in [-0.4, -0.2) is 45.1 Å². The van der Waals surface area contributed by atoms with Gasteiger partial charge in [-0.3, -0.25) is 9.89 Å². The average molecular weight is 477 g/mol. The predicted molar refractivity (Wildman–Crippen MR) is 120 cm³/mol. The number of benzene rings is 1. The van der Waals surface area contributed by atoms with Crippen molar-refractivity contribution in [2.24, 2.45) is 0 Å². The van der Waals surface area contributed by atoms with Gasteiger partial charge in [-0.1, -0.05) is 0 Å². The summed E-state index contributed by atoms with van der Waals surface area (Å²) in [7, 11) is 0. The molecule has 4 rings (SSSR count). The summed E-state index contributed by atoms with van der Waals surface area (Å²) in [5, 5.41) is 22.6. The predicted octanol–water partition coefficient (Wildman–Crippen LogP) is 3.93. The Morgan fingerprint density at radius 2 is 1.85 bits per heavy atom. The van der Waals surface area contributed by atoms with E-state index in [2.05, 4.69) is 20.8 Å². The van der Waals surface area contributed by atoms with E-state index in [9.17, 15) is 23.5 Å². The maximum absolute atomic E-state index is 13.3. The molecule has 1 heterocycles. The number of halogens is 2. The molecule has 2 amide bonds. The summed E-state index contributed by atoms with van der Waals surface area (Å²) in [4.78, 5) is 24.5. The molecule has 2 aliphatic rings. The fourth-order valence-electron chi connectivity index (χ4n) is 4.76. The van der Waals surface area contributed by atoms with Gasteiger partial charge in [0.1, 0.15) is 17.7 Å². The number of aromatic amines is 1. The largest absolute Gasteiger partial charge is 0.446 e. The van der Waals surface area contributed by atoms with E-state index in [-0.39, 0.29) is 30.0 Å². The molecule has 2 atom stereocenters. The second-order valence-electron chi connectivity index (χ2n) is 9.66. The van der Waals surface area contributed by atoms with Gasteiger partial charge in [0, 0.05) is 29.8 Å². The average Bonchev–Trinajstić information content (AvgIpc) is 3.38. The molecule has 0 aliphatic heterocycles. The number of carbonyl (C=O) groups excluding carboxylic acids is 2. The molecule has 2 saturated carbocycles. The van der Waals surface area contributed by atoms with Crippen molar-refractivity contribution in [3.63, 3.8) is 0 Å². The quantitative estimate of drug-likeness (QED) is 0.504. The third kappa shape index (κ3) is 6.53. The van der Waals surface area contributed by atoms with Gasteiger partial charge >= 0.3 is 6.09 Å². The molecule has 2 aromatic rings. The number of aromatic nitrogens is 2. The number of anilines is 1. The number of H-pyrrole nitrogens is 1. The van der Waals surface area contributed by atoms with Gasteiger partial charge < -0.3 is 20.5 Å². The van der Waals surface area contributed by atoms with Gasteiger partial charge in [-0.15, -0.1) is 0 Å². The molecule has 0 spiro atoms. The molecule has 0 bridgehead atoms. The number of ether oxygens (including phenoxy) is 1. The molecule has 0 unspecified atom stereocenters. The van der Waals surface area contributed by atoms with Crippen molar-refractivity contribution in [2.75, 3.05) is 5.32 Å². The zero-order valence-corrected chi connectivity index (χ0v) is 19.1. The van der Waals surface area contributed by atoms with Gasteiger partial charge in [0.2, 0.25) is 5.91 Å². The molecule has 0 saturated heterocycles. The van der Waals surface area contributed by atoms with Crippen molar-refractivity contribution in [3.05, 3.63) is 47.2 Å². The number of nitrogens with one attached hydrogen (secondary N) is 3. The number of carbonyl (C=O) groups is 2. The summed E-state index contributed by atoms with van der Waals surface area (Å²) in [6.45, 7) is 1.82. The van der Waals surface area contributed by atoms with E-state index >= 15 is 0 Å². The van der Waals surface area contributed by atoms with E-state index in [1.54, 1.807) is 6.07 Å². The summed E-state index contributed by atoms with van der Waals surface area (Å²) in [6.07, 6.45) is 4.13. The first-order chi connectivity index (χ1) is 16.1. The number of alkyl carbamates (subject to hydrolysis) is 1. The van der Waals surface area contributed by atoms with Crippen LogP contribution in [0, 0.1) is 11.6 Å². The van der Waals surface area contributed by atoms with Crippen LogP contribution in [0.5, 0.6) is 0 Å². The van der Waals surface area contributed by atoms with Crippen LogP contribution in [0.15, 0.2) is 24.3 Å². The Kier molecular flexibility index (Phi) is 7.16. The first kappa shape index (κ1) is 24.1. The van der Waals surface area contributed by atoms with Crippen LogP contribution >= 0.6 is 0 Å². The first-order valence-corrected chi connectivity index (χ1v) is 11.6. The lowest BCUT2D eigenvalue weighted by atomic mass is 9.84. The van der Waals surface area contributed by atoms with Gasteiger partial charge in [0.15, 0.2) is 5.82 Å². The molecule has 1 aromatic heterocycles. The number of amides is 2. The standard InChI is InChI=1S/C24H30F2N4O4/c1-24(33)6-4-18(5-7-24)27-23(32)34-19-3-2-15(11-19)20-13-21(30-29-20)28-22(31)10-14-8-16(25)12-17(26)9-14/h8-9,12-13,15,18-19,33H,2-7,10-11H2,1H3,(H,27,32)(H2,28,29,30,31)/t15-,18-,19+,24+/m0/s1. The van der Waals surface area contributed by atoms with E-state index in [1.165, 1.54) is 0 Å². The van der Waals surface area contributed by atoms with Crippen molar-refractivity contribution in [2.45, 2.75) is 82.0 Å². The van der Waals surface area contributed by atoms with Crippen LogP contribution < -0.4 is 10.6 Å². The number of aliphatic hydroxyl groups is 1. The molecule has 0 radical (unpaired) electrons. The smallest absolute Gasteiger partial charge is 0.407 e. The Bertz CT molecular complexity index is 1010. The topological polar surface area (TPSA) is 116 Å². The molecule has 4 N–H and O–H groups in total. The second kappa shape index (κ2) is 10.1. The van der Waals surface area contributed by atoms with Crippen molar-refractivity contribution in [3.8, 4) is 0 Å². The van der Waals surface area contributed by atoms with E-state index in [4.69, 9.17) is 4.74 Å². The molecule has 2 fully saturated rings. The van der Waals surface area contributed by atoms with E-state index in [1.807, 2.05) is 6.92 Å². The van der Waals surface area contributed by atoms with Crippen LogP contribution in [0.1, 0.15) is 69.0 Å². The lowest BCUT2D eigenvalue weighted by molar-refractivity contribution is -0.115. The summed E-state index contributed by atoms with van der Waals surface area (Å²) in [6, 6.07) is 4.74. The van der Waals surface area contributed by atoms with E-state index in [0.29, 0.717) is 25.1 Å². The third-order valence-corrected chi connectivity index (χ3v) is 6.63. The van der Waals surface area contributed by atoms with E-state index < -0.39 is 29.2 Å². The third-order valence-electron chi connectivity index (χ3n) is 6.63. The fraction of sp³-hybridized carbons (Fsp3) is 0.542. The Hall–Kier alpha value is -3.01. The molecule has 184 valence electrons. The lowest BCUT2D eigenvalue weighted by Crippen LogP contribution is -2.43. The highest BCUT2D eigenvalue weighted by atomic mass is 19.1. The van der Waals surface area contributed by atoms with Crippen molar-refractivity contribution in [1.29, 1.82) is 0 Å². The number of rotatable bonds is 6. The van der Waals surface area contributed by atoms with Gasteiger partial charge in [-0.2, -0.15) is 5.10 Å². The van der Waals surface area contributed by atoms with Gasteiger partial charge in [-0.05, 0) is 69.6 Å². The minimum atomic E-state index is -0.733. The lowest BCUT2D eigenvalue weighted by Gasteiger charge is -2.33. The molecule has 10 heteroatoms. The Balaban J connectivity index is 1.22. The number of nitrogens with zero attached hydrogens (tertiary/aromatic N) is 1. The van der Waals surface area contributed by atoms with Gasteiger partial charge in [0.05, 0.1) is 12.0 Å². The van der Waals surface area contributed by atoms with Crippen LogP contribution in [0.4, 0.5) is 19.4 Å². The van der Waals surface area contributed by atoms with Crippen molar-refractivity contribution < 1.29 is 28.2 Å². The normalized spacial score (nSPS) is 26.8. The highest BCUT2D eigenvalue weighted by Gasteiger charge is 2.32. The Labute approximate surface area is 196 Å². The highest BCUT2D eigenvalue weighted by molar-refractivity contribution is 5.91. The Morgan fingerprint density at radius 3 is 2.56 bits per heavy atom. The zero-order valence-electron chi connectivity index (χ0n) is 19.1. The van der Waals surface area contributed by atoms with Crippen LogP contribution in [-0.2, 0) is 16.0 Å². The van der Waals surface area contributed by atoms with Crippen molar-refractivity contribution in [1.82, 2.24) is 15.5 Å². The number of hydrogen-bond acceptors (Lipinski definition) is 5. The fourth-order valence-corrected chi connectivity index (χ4v) is 4.76. The first-order valence-electron chi connectivity index (χ1n) is 11.6. The molecular formula is C24H30F2N4O4. The highest BCUT2D eigenvalue weighted by Crippen LogP contribution is 2.36. The summed E-state index contributed by atoms with van der Waals surface area (Å²) in [5.41, 5.74) is 0.409. The summed E-state index contributed by atoms with van der Waals surface area (Å²) in [5.74, 6) is -1.46. The molecule has 8 nitrogen and oxygen atoms in total. The molecular weight excluding hydrogens is 446 g/mol. The van der Waals surface area contributed by atoms with Gasteiger partial charge in [-0.25, -0.2) is 13.6 Å². The molecule has 2 aliphatic carbocycles. The van der Waals surface area contributed by atoms with Crippen LogP contribution in [0.3, 0.4) is 0 Å². The Morgan fingerprint density at radius 1 is 1.15 bits per heavy atom. The summed E-state index contributed by atoms with van der Waals surface area (Å²) >= 11 is 0. The molecule has 34 heavy (non-hydrogen) atoms. The van der Waals surface area contributed by atoms with E-state index in [0.717, 1.165) is 49.6 Å². The second-order valence-corrected chi connectivity index (χ2v) is 9.66. The zero-order chi connectivity index (χ0) is 24.3. The SMILES string of the molecule is C[C@]1(O)CC[C@@H](NC(=O)O[C@@H]2CC[C@H](c3cc(NC(=O)Cc4cc(F)cc(F)c4)n[nH]3)C2)CC1. The minimum Gasteiger partial charge on any atom is -0.446 e. The molecule has 1 aromatic carbocycles. The maximum Gasteiger partial charge on any atom is 0.407 e. The summed E-state index contributed by atoms with van der Waals surface area (Å²) < 4.78 is 32.2. The van der Waals surface area contributed by atoms with Crippen LogP contribution in [0.2, 0.25) is 0 Å². The van der Waals surface area contributed by atoms with Crippen molar-refractivity contribution >= 4 is 17.8 Å². The van der Waals surface area contributed by atoms with Crippen LogP contribution in [0.25, 0.3) is 0 Å². The minimum absolute atomic E-state index is 0.0209. The monoisotopic (exact) mass is 476 g/mol. The number of hydrogen-bond donors (Lipinski definition) is 4. The maximum atomic E-state index is 13.3.